The Balaban J connectivity index is 1.94. The van der Waals surface area contributed by atoms with Crippen LogP contribution in [0.15, 0.2) is 84.3 Å². The zero-order valence-corrected chi connectivity index (χ0v) is 22.9. The number of halogens is 4. The van der Waals surface area contributed by atoms with Gasteiger partial charge in [-0.05, 0) is 22.8 Å². The highest BCUT2D eigenvalue weighted by atomic mass is 32.2. The van der Waals surface area contributed by atoms with Gasteiger partial charge in [-0.3, -0.25) is 9.13 Å². The van der Waals surface area contributed by atoms with Gasteiger partial charge < -0.3 is 19.6 Å². The van der Waals surface area contributed by atoms with Crippen LogP contribution < -0.4 is 0 Å². The molecule has 0 saturated carbocycles. The van der Waals surface area contributed by atoms with Crippen molar-refractivity contribution >= 4 is 31.3 Å². The molecule has 0 unspecified atom stereocenters. The summed E-state index contributed by atoms with van der Waals surface area (Å²) in [4.78, 5) is 35.7. The molecule has 0 atom stereocenters. The molecule has 9 nitrogen and oxygen atoms in total. The average molecular weight is 623 g/mol. The van der Waals surface area contributed by atoms with Gasteiger partial charge in [0.2, 0.25) is 10.0 Å². The molecule has 3 rings (SSSR count). The zero-order chi connectivity index (χ0) is 30.0. The van der Waals surface area contributed by atoms with Crippen molar-refractivity contribution in [2.75, 3.05) is 0 Å². The quantitative estimate of drug-likeness (QED) is 0.169. The Hall–Kier alpha value is -2.67. The van der Waals surface area contributed by atoms with E-state index in [1.54, 1.807) is 30.3 Å². The van der Waals surface area contributed by atoms with E-state index >= 15 is 0 Å². The molecule has 4 N–H and O–H groups in total. The first kappa shape index (κ1) is 31.9. The monoisotopic (exact) mass is 623 g/mol. The highest BCUT2D eigenvalue weighted by Crippen LogP contribution is 2.60. The number of rotatable bonds is 11. The van der Waals surface area contributed by atoms with Crippen LogP contribution in [0, 0.1) is 0 Å². The smallest absolute Gasteiger partial charge is 0.320 e. The Morgan fingerprint density at radius 3 is 1.40 bits per heavy atom. The summed E-state index contributed by atoms with van der Waals surface area (Å²) < 4.78 is 106. The Kier molecular flexibility index (Phi) is 9.29. The Bertz CT molecular complexity index is 1480. The van der Waals surface area contributed by atoms with Gasteiger partial charge in [0.25, 0.3) is 0 Å². The fraction of sp³-hybridized carbons (Fsp3) is 0.167. The minimum Gasteiger partial charge on any atom is -0.320 e. The lowest BCUT2D eigenvalue weighted by Gasteiger charge is -2.22. The molecule has 216 valence electrons. The summed E-state index contributed by atoms with van der Waals surface area (Å²) >= 11 is 0. The molecule has 0 heterocycles. The molecule has 0 aliphatic rings. The maximum atomic E-state index is 14.0. The number of benzene rings is 3. The first-order chi connectivity index (χ1) is 18.3. The van der Waals surface area contributed by atoms with Gasteiger partial charge in [0.15, 0.2) is 0 Å². The average Bonchev–Trinajstić information content (AvgIpc) is 2.87. The number of alkyl halides is 4. The number of hydrogen-bond acceptors (Lipinski definition) is 4. The fourth-order valence-electron chi connectivity index (χ4n) is 3.42. The third kappa shape index (κ3) is 7.34. The molecule has 0 radical (unpaired) electrons. The van der Waals surface area contributed by atoms with Gasteiger partial charge >= 0.3 is 26.5 Å². The molecule has 0 fully saturated rings. The first-order valence-corrected chi connectivity index (χ1v) is 15.9. The van der Waals surface area contributed by atoms with Gasteiger partial charge in [0.1, 0.15) is 0 Å². The van der Waals surface area contributed by atoms with Crippen LogP contribution in [0.25, 0.3) is 6.08 Å². The van der Waals surface area contributed by atoms with E-state index in [0.717, 1.165) is 58.2 Å². The third-order valence-electron chi connectivity index (χ3n) is 5.64. The molecule has 0 spiro atoms. The van der Waals surface area contributed by atoms with E-state index in [-0.39, 0.29) is 11.1 Å². The second-order valence-corrected chi connectivity index (χ2v) is 13.7. The molecule has 0 bridgehead atoms. The molecule has 40 heavy (non-hydrogen) atoms. The van der Waals surface area contributed by atoms with Gasteiger partial charge in [-0.15, -0.1) is 0 Å². The lowest BCUT2D eigenvalue weighted by Crippen LogP contribution is -2.28. The van der Waals surface area contributed by atoms with Crippen LogP contribution in [-0.4, -0.2) is 32.3 Å². The normalized spacial score (nSPS) is 13.7. The lowest BCUT2D eigenvalue weighted by atomic mass is 10.1. The van der Waals surface area contributed by atoms with E-state index in [0.29, 0.717) is 5.56 Å². The standard InChI is InChI=1S/C24H23F4NO8P2S/c25-23(26,38(30,31)32)21-10-6-19(7-11-21)16-29(40(36,37)15-14-18-4-2-1-3-5-18)17-20-8-12-22(13-9-20)24(27,28)39(33,34)35/h1-15H,16-17H2,(H2,30,31,32)(H2,33,34,35). The number of hydrogen-bond donors (Lipinski definition) is 4. The molecule has 0 aliphatic carbocycles. The van der Waals surface area contributed by atoms with Crippen molar-refractivity contribution < 1.29 is 54.7 Å². The predicted octanol–water partition coefficient (Wildman–Crippen LogP) is 5.14. The molecule has 0 amide bonds. The van der Waals surface area contributed by atoms with E-state index in [4.69, 9.17) is 19.6 Å². The summed E-state index contributed by atoms with van der Waals surface area (Å²) in [6.45, 7) is -0.826. The van der Waals surface area contributed by atoms with Gasteiger partial charge in [0, 0.05) is 29.6 Å². The molecule has 0 aliphatic heterocycles. The lowest BCUT2D eigenvalue weighted by molar-refractivity contribution is 0.0564. The molecule has 3 aromatic carbocycles. The van der Waals surface area contributed by atoms with Crippen LogP contribution in [-0.2, 0) is 43.6 Å². The van der Waals surface area contributed by atoms with Crippen LogP contribution >= 0.6 is 15.2 Å². The van der Waals surface area contributed by atoms with E-state index in [1.807, 2.05) is 0 Å². The van der Waals surface area contributed by atoms with Crippen molar-refractivity contribution in [3.63, 3.8) is 0 Å². The predicted molar refractivity (Wildman–Crippen MR) is 138 cm³/mol. The van der Waals surface area contributed by atoms with E-state index in [1.165, 1.54) is 6.08 Å². The highest BCUT2D eigenvalue weighted by molar-refractivity contribution is 7.92. The van der Waals surface area contributed by atoms with Gasteiger partial charge in [0.05, 0.1) is 0 Å². The summed E-state index contributed by atoms with van der Waals surface area (Å²) in [6.07, 6.45) is 1.30. The molecular weight excluding hydrogens is 600 g/mol. The van der Waals surface area contributed by atoms with E-state index in [2.05, 4.69) is 0 Å². The van der Waals surface area contributed by atoms with Crippen molar-refractivity contribution in [2.45, 2.75) is 24.4 Å². The zero-order valence-electron chi connectivity index (χ0n) is 20.3. The topological polar surface area (TPSA) is 152 Å². The van der Waals surface area contributed by atoms with Crippen LogP contribution in [0.1, 0.15) is 27.8 Å². The van der Waals surface area contributed by atoms with Crippen LogP contribution in [0.2, 0.25) is 0 Å². The third-order valence-corrected chi connectivity index (χ3v) is 9.08. The Morgan fingerprint density at radius 2 is 1.05 bits per heavy atom. The van der Waals surface area contributed by atoms with Gasteiger partial charge in [-0.25, -0.2) is 8.42 Å². The SMILES string of the molecule is O=P(O)(O)C(F)(F)c1ccc(CN(Cc2ccc(C(F)(F)P(=O)(O)O)cc2)S(=O)(=O)C=Cc2ccccc2)cc1. The van der Waals surface area contributed by atoms with Gasteiger partial charge in [-0.1, -0.05) is 78.9 Å². The van der Waals surface area contributed by atoms with Crippen molar-refractivity contribution in [3.05, 3.63) is 112 Å². The van der Waals surface area contributed by atoms with Crippen LogP contribution in [0.5, 0.6) is 0 Å². The molecule has 0 saturated heterocycles. The molecular formula is C24H23F4NO8P2S. The number of sulfonamides is 1. The summed E-state index contributed by atoms with van der Waals surface area (Å²) in [5.41, 5.74) is -10.0. The minimum absolute atomic E-state index is 0.159. The van der Waals surface area contributed by atoms with Crippen LogP contribution in [0.4, 0.5) is 17.6 Å². The maximum Gasteiger partial charge on any atom is 0.399 e. The van der Waals surface area contributed by atoms with Crippen LogP contribution in [0.3, 0.4) is 0 Å². The molecule has 0 aromatic heterocycles. The Labute approximate surface area is 226 Å². The van der Waals surface area contributed by atoms with Crippen molar-refractivity contribution in [1.82, 2.24) is 4.31 Å². The molecule has 3 aromatic rings. The van der Waals surface area contributed by atoms with Crippen molar-refractivity contribution in [3.8, 4) is 0 Å². The highest BCUT2D eigenvalue weighted by Gasteiger charge is 2.51. The van der Waals surface area contributed by atoms with Crippen molar-refractivity contribution in [1.29, 1.82) is 0 Å². The summed E-state index contributed by atoms with van der Waals surface area (Å²) in [7, 11) is -15.9. The Morgan fingerprint density at radius 1 is 0.675 bits per heavy atom. The summed E-state index contributed by atoms with van der Waals surface area (Å²) in [6, 6.07) is 15.6. The summed E-state index contributed by atoms with van der Waals surface area (Å²) in [5, 5.41) is 0.884. The van der Waals surface area contributed by atoms with E-state index in [9.17, 15) is 35.1 Å². The fourth-order valence-corrected chi connectivity index (χ4v) is 5.55. The molecule has 16 heteroatoms. The van der Waals surface area contributed by atoms with Gasteiger partial charge in [-0.2, -0.15) is 21.9 Å². The van der Waals surface area contributed by atoms with E-state index < -0.39 is 60.8 Å². The second kappa shape index (κ2) is 11.7. The minimum atomic E-state index is -5.82. The largest absolute Gasteiger partial charge is 0.399 e. The maximum absolute atomic E-state index is 14.0. The first-order valence-electron chi connectivity index (χ1n) is 11.1. The van der Waals surface area contributed by atoms with Crippen molar-refractivity contribution in [2.24, 2.45) is 0 Å². The number of nitrogens with zero attached hydrogens (tertiary/aromatic N) is 1. The second-order valence-electron chi connectivity index (χ2n) is 8.59. The summed E-state index contributed by atoms with van der Waals surface area (Å²) in [5.74, 6) is 0.